The molecule has 0 aliphatic carbocycles. The zero-order valence-corrected chi connectivity index (χ0v) is 7.91. The molecule has 15 heavy (non-hydrogen) atoms. The lowest BCUT2D eigenvalue weighted by Crippen LogP contribution is -2.01. The normalized spacial score (nSPS) is 10.7. The summed E-state index contributed by atoms with van der Waals surface area (Å²) in [7, 11) is 0. The molecule has 3 aromatic rings. The molecule has 0 saturated carbocycles. The molecule has 4 heteroatoms. The van der Waals surface area contributed by atoms with Crippen LogP contribution in [0.5, 0.6) is 0 Å². The molecule has 72 valence electrons. The third kappa shape index (κ3) is 1.27. The molecule has 0 fully saturated rings. The number of pyridine rings is 1. The van der Waals surface area contributed by atoms with Gasteiger partial charge >= 0.3 is 0 Å². The van der Waals surface area contributed by atoms with Crippen LogP contribution >= 0.6 is 0 Å². The van der Waals surface area contributed by atoms with E-state index in [2.05, 4.69) is 15.2 Å². The zero-order valence-electron chi connectivity index (χ0n) is 7.91. The van der Waals surface area contributed by atoms with E-state index in [0.717, 1.165) is 16.6 Å². The van der Waals surface area contributed by atoms with E-state index in [1.165, 1.54) is 4.80 Å². The molecule has 0 aliphatic heterocycles. The lowest BCUT2D eigenvalue weighted by Gasteiger charge is -2.02. The van der Waals surface area contributed by atoms with Gasteiger partial charge in [-0.2, -0.15) is 10.2 Å². The van der Waals surface area contributed by atoms with Gasteiger partial charge in [-0.1, -0.05) is 24.3 Å². The maximum absolute atomic E-state index is 4.29. The van der Waals surface area contributed by atoms with Gasteiger partial charge in [0, 0.05) is 11.6 Å². The van der Waals surface area contributed by atoms with Crippen molar-refractivity contribution in [2.75, 3.05) is 0 Å². The quantitative estimate of drug-likeness (QED) is 0.596. The van der Waals surface area contributed by atoms with Crippen molar-refractivity contribution in [3.05, 3.63) is 48.9 Å². The van der Waals surface area contributed by atoms with Crippen molar-refractivity contribution in [1.29, 1.82) is 0 Å². The summed E-state index contributed by atoms with van der Waals surface area (Å²) in [6.07, 6.45) is 5.05. The summed E-state index contributed by atoms with van der Waals surface area (Å²) < 4.78 is 0. The van der Waals surface area contributed by atoms with E-state index in [1.54, 1.807) is 18.6 Å². The molecule has 0 amide bonds. The number of fused-ring (bicyclic) bond motifs is 1. The van der Waals surface area contributed by atoms with Gasteiger partial charge in [-0.25, -0.2) is 4.98 Å². The van der Waals surface area contributed by atoms with Crippen LogP contribution in [0.2, 0.25) is 0 Å². The van der Waals surface area contributed by atoms with Crippen LogP contribution in [-0.4, -0.2) is 20.0 Å². The van der Waals surface area contributed by atoms with E-state index in [0.29, 0.717) is 0 Å². The number of aromatic nitrogens is 4. The first-order valence-electron chi connectivity index (χ1n) is 4.65. The highest BCUT2D eigenvalue weighted by Gasteiger charge is 2.04. The van der Waals surface area contributed by atoms with Crippen molar-refractivity contribution >= 4 is 10.8 Å². The largest absolute Gasteiger partial charge is 0.235 e. The van der Waals surface area contributed by atoms with Crippen LogP contribution in [0.15, 0.2) is 48.9 Å². The average Bonchev–Trinajstić information content (AvgIpc) is 2.82. The number of benzene rings is 1. The average molecular weight is 196 g/mol. The number of nitrogens with zero attached hydrogens (tertiary/aromatic N) is 4. The minimum absolute atomic E-state index is 0.762. The van der Waals surface area contributed by atoms with E-state index in [1.807, 2.05) is 30.3 Å². The van der Waals surface area contributed by atoms with Gasteiger partial charge in [0.25, 0.3) is 0 Å². The molecule has 0 atom stereocenters. The molecule has 3 rings (SSSR count). The Morgan fingerprint density at radius 2 is 1.67 bits per heavy atom. The van der Waals surface area contributed by atoms with Crippen LogP contribution in [0.4, 0.5) is 0 Å². The van der Waals surface area contributed by atoms with Crippen molar-refractivity contribution in [3.8, 4) is 5.82 Å². The Bertz CT molecular complexity index is 581. The van der Waals surface area contributed by atoms with Crippen molar-refractivity contribution in [2.45, 2.75) is 0 Å². The monoisotopic (exact) mass is 196 g/mol. The number of rotatable bonds is 1. The van der Waals surface area contributed by atoms with Crippen molar-refractivity contribution in [2.24, 2.45) is 0 Å². The Kier molecular flexibility index (Phi) is 1.71. The lowest BCUT2D eigenvalue weighted by molar-refractivity contribution is 0.736. The van der Waals surface area contributed by atoms with Crippen molar-refractivity contribution in [3.63, 3.8) is 0 Å². The van der Waals surface area contributed by atoms with Crippen LogP contribution < -0.4 is 0 Å². The number of hydrogen-bond donors (Lipinski definition) is 0. The highest BCUT2D eigenvalue weighted by atomic mass is 15.5. The molecule has 0 unspecified atom stereocenters. The van der Waals surface area contributed by atoms with Gasteiger partial charge in [0.2, 0.25) is 0 Å². The lowest BCUT2D eigenvalue weighted by atomic mass is 10.2. The minimum Gasteiger partial charge on any atom is -0.235 e. The third-order valence-corrected chi connectivity index (χ3v) is 2.26. The Labute approximate surface area is 86.2 Å². The molecule has 1 aromatic carbocycles. The summed E-state index contributed by atoms with van der Waals surface area (Å²) in [6.45, 7) is 0. The summed E-state index contributed by atoms with van der Waals surface area (Å²) in [4.78, 5) is 5.82. The van der Waals surface area contributed by atoms with Crippen molar-refractivity contribution in [1.82, 2.24) is 20.0 Å². The molecule has 0 aliphatic rings. The summed E-state index contributed by atoms with van der Waals surface area (Å²) in [6, 6.07) is 10.0. The molecule has 0 saturated heterocycles. The minimum atomic E-state index is 0.762. The second-order valence-corrected chi connectivity index (χ2v) is 3.17. The fourth-order valence-corrected chi connectivity index (χ4v) is 1.59. The Morgan fingerprint density at radius 1 is 0.867 bits per heavy atom. The summed E-state index contributed by atoms with van der Waals surface area (Å²) >= 11 is 0. The molecular formula is C11H8N4. The molecule has 0 spiro atoms. The summed E-state index contributed by atoms with van der Waals surface area (Å²) in [5, 5.41) is 10.4. The molecule has 2 aromatic heterocycles. The van der Waals surface area contributed by atoms with E-state index in [9.17, 15) is 0 Å². The maximum atomic E-state index is 4.29. The Hall–Kier alpha value is -2.23. The van der Waals surface area contributed by atoms with Crippen LogP contribution in [0.1, 0.15) is 0 Å². The van der Waals surface area contributed by atoms with E-state index in [4.69, 9.17) is 0 Å². The van der Waals surface area contributed by atoms with Gasteiger partial charge in [0.15, 0.2) is 5.82 Å². The predicted molar refractivity (Wildman–Crippen MR) is 56.7 cm³/mol. The maximum Gasteiger partial charge on any atom is 0.182 e. The van der Waals surface area contributed by atoms with E-state index >= 15 is 0 Å². The predicted octanol–water partition coefficient (Wildman–Crippen LogP) is 1.82. The summed E-state index contributed by atoms with van der Waals surface area (Å²) in [5.74, 6) is 0.762. The van der Waals surface area contributed by atoms with Gasteiger partial charge < -0.3 is 0 Å². The first-order valence-corrected chi connectivity index (χ1v) is 4.65. The van der Waals surface area contributed by atoms with Crippen LogP contribution in [0, 0.1) is 0 Å². The van der Waals surface area contributed by atoms with Crippen molar-refractivity contribution < 1.29 is 0 Å². The van der Waals surface area contributed by atoms with Gasteiger partial charge in [-0.15, -0.1) is 4.80 Å². The second kappa shape index (κ2) is 3.16. The fourth-order valence-electron chi connectivity index (χ4n) is 1.59. The molecule has 0 bridgehead atoms. The van der Waals surface area contributed by atoms with Crippen LogP contribution in [-0.2, 0) is 0 Å². The Balaban J connectivity index is 2.36. The number of hydrogen-bond acceptors (Lipinski definition) is 3. The fraction of sp³-hybridized carbons (Fsp3) is 0. The molecule has 0 radical (unpaired) electrons. The molecule has 2 heterocycles. The zero-order chi connectivity index (χ0) is 10.1. The van der Waals surface area contributed by atoms with Crippen LogP contribution in [0.25, 0.3) is 16.6 Å². The smallest absolute Gasteiger partial charge is 0.182 e. The van der Waals surface area contributed by atoms with Gasteiger partial charge in [-0.3, -0.25) is 0 Å². The van der Waals surface area contributed by atoms with Crippen LogP contribution in [0.3, 0.4) is 0 Å². The first kappa shape index (κ1) is 8.11. The third-order valence-electron chi connectivity index (χ3n) is 2.26. The standard InChI is InChI=1S/C11H8N4/c1-2-4-10-9(3-1)5-6-12-11(10)15-13-7-8-14-15/h1-8H. The van der Waals surface area contributed by atoms with E-state index in [-0.39, 0.29) is 0 Å². The first-order chi connectivity index (χ1) is 7.45. The molecular weight excluding hydrogens is 188 g/mol. The van der Waals surface area contributed by atoms with Gasteiger partial charge in [0.05, 0.1) is 12.4 Å². The topological polar surface area (TPSA) is 43.6 Å². The highest BCUT2D eigenvalue weighted by molar-refractivity contribution is 5.87. The Morgan fingerprint density at radius 3 is 2.53 bits per heavy atom. The van der Waals surface area contributed by atoms with Gasteiger partial charge in [0.1, 0.15) is 0 Å². The van der Waals surface area contributed by atoms with Gasteiger partial charge in [-0.05, 0) is 11.5 Å². The molecule has 4 nitrogen and oxygen atoms in total. The highest BCUT2D eigenvalue weighted by Crippen LogP contribution is 2.17. The van der Waals surface area contributed by atoms with E-state index < -0.39 is 0 Å². The summed E-state index contributed by atoms with van der Waals surface area (Å²) in [5.41, 5.74) is 0. The second-order valence-electron chi connectivity index (χ2n) is 3.17. The molecule has 0 N–H and O–H groups in total. The SMILES string of the molecule is c1ccc2c(-n3nccn3)nccc2c1.